The molecule has 0 spiro atoms. The zero-order valence-corrected chi connectivity index (χ0v) is 38.8. The lowest BCUT2D eigenvalue weighted by molar-refractivity contribution is -0.180. The van der Waals surface area contributed by atoms with Gasteiger partial charge < -0.3 is 23.8 Å². The fourth-order valence-corrected chi connectivity index (χ4v) is 8.30. The van der Waals surface area contributed by atoms with Crippen LogP contribution in [-0.2, 0) is 28.5 Å². The number of nitrogens with zero attached hydrogens (tertiary/aromatic N) is 1. The van der Waals surface area contributed by atoms with Crippen LogP contribution >= 0.6 is 0 Å². The summed E-state index contributed by atoms with van der Waals surface area (Å²) in [7, 11) is 4.25. The van der Waals surface area contributed by atoms with Gasteiger partial charge in [-0.05, 0) is 91.3 Å². The zero-order chi connectivity index (χ0) is 41.5. The molecule has 0 bridgehead atoms. The van der Waals surface area contributed by atoms with Gasteiger partial charge in [0, 0.05) is 25.7 Å². The Hall–Kier alpha value is -1.18. The number of hydrogen-bond donors (Lipinski definition) is 0. The molecular formula is C50H97NO6. The highest BCUT2D eigenvalue weighted by atomic mass is 16.7. The first-order chi connectivity index (χ1) is 27.8. The molecule has 0 N–H and O–H groups in total. The number of carbonyl (C=O) groups excluding carboxylic acids is 2. The van der Waals surface area contributed by atoms with Crippen molar-refractivity contribution in [1.29, 1.82) is 0 Å². The van der Waals surface area contributed by atoms with E-state index in [1.54, 1.807) is 0 Å². The lowest BCUT2D eigenvalue weighted by atomic mass is 9.99. The lowest BCUT2D eigenvalue weighted by Crippen LogP contribution is -2.31. The monoisotopic (exact) mass is 808 g/mol. The molecule has 1 unspecified atom stereocenters. The van der Waals surface area contributed by atoms with Crippen LogP contribution in [0.3, 0.4) is 0 Å². The summed E-state index contributed by atoms with van der Waals surface area (Å²) in [5, 5.41) is 0. The Balaban J connectivity index is 2.36. The summed E-state index contributed by atoms with van der Waals surface area (Å²) < 4.78 is 24.8. The van der Waals surface area contributed by atoms with Gasteiger partial charge in [-0.1, -0.05) is 162 Å². The minimum absolute atomic E-state index is 0.0102. The van der Waals surface area contributed by atoms with E-state index in [0.717, 1.165) is 109 Å². The first-order valence-electron chi connectivity index (χ1n) is 25.2. The summed E-state index contributed by atoms with van der Waals surface area (Å²) in [4.78, 5) is 27.4. The molecule has 1 saturated heterocycles. The lowest BCUT2D eigenvalue weighted by Gasteiger charge is -2.28. The molecule has 338 valence electrons. The number of unbranched alkanes of at least 4 members (excludes halogenated alkanes) is 24. The third kappa shape index (κ3) is 33.3. The average Bonchev–Trinajstić information content (AvgIpc) is 3.59. The van der Waals surface area contributed by atoms with Crippen LogP contribution in [0, 0.1) is 0 Å². The van der Waals surface area contributed by atoms with Gasteiger partial charge in [0.1, 0.15) is 6.10 Å². The van der Waals surface area contributed by atoms with Gasteiger partial charge >= 0.3 is 11.9 Å². The van der Waals surface area contributed by atoms with Crippen molar-refractivity contribution < 1.29 is 28.5 Å². The van der Waals surface area contributed by atoms with Crippen LogP contribution in [0.15, 0.2) is 0 Å². The largest absolute Gasteiger partial charge is 0.466 e. The van der Waals surface area contributed by atoms with Crippen molar-refractivity contribution in [3.8, 4) is 0 Å². The van der Waals surface area contributed by atoms with Gasteiger partial charge in [-0.3, -0.25) is 9.59 Å². The van der Waals surface area contributed by atoms with Crippen LogP contribution < -0.4 is 0 Å². The van der Waals surface area contributed by atoms with Gasteiger partial charge in [0.05, 0.1) is 19.3 Å². The summed E-state index contributed by atoms with van der Waals surface area (Å²) in [5.41, 5.74) is 0. The second-order valence-corrected chi connectivity index (χ2v) is 18.0. The maximum absolute atomic E-state index is 12.9. The summed E-state index contributed by atoms with van der Waals surface area (Å²) >= 11 is 0. The van der Waals surface area contributed by atoms with Gasteiger partial charge in [-0.2, -0.15) is 0 Å². The van der Waals surface area contributed by atoms with Gasteiger partial charge in [-0.15, -0.1) is 0 Å². The van der Waals surface area contributed by atoms with E-state index in [1.165, 1.54) is 122 Å². The smallest absolute Gasteiger partial charge is 0.306 e. The van der Waals surface area contributed by atoms with Crippen LogP contribution in [0.4, 0.5) is 0 Å². The fraction of sp³-hybridized carbons (Fsp3) is 0.960. The zero-order valence-electron chi connectivity index (χ0n) is 38.8. The molecule has 0 radical (unpaired) electrons. The van der Waals surface area contributed by atoms with E-state index in [2.05, 4.69) is 39.8 Å². The fourth-order valence-electron chi connectivity index (χ4n) is 8.30. The molecule has 1 aliphatic heterocycles. The van der Waals surface area contributed by atoms with E-state index in [9.17, 15) is 9.59 Å². The van der Waals surface area contributed by atoms with E-state index in [-0.39, 0.29) is 24.1 Å². The van der Waals surface area contributed by atoms with Gasteiger partial charge in [0.15, 0.2) is 5.79 Å². The van der Waals surface area contributed by atoms with Gasteiger partial charge in [0.25, 0.3) is 0 Å². The highest BCUT2D eigenvalue weighted by Crippen LogP contribution is 2.36. The Kier molecular flexibility index (Phi) is 36.8. The van der Waals surface area contributed by atoms with Crippen molar-refractivity contribution >= 4 is 11.9 Å². The SMILES string of the molecule is CCCCCCCCCCCOC(=O)CCCCCC1(CCCCCCCC(=O)OC(CCCCCCCC)CCCCCCCC)OC[C@H](CCCN(C)C)O1. The molecule has 7 heteroatoms. The minimum atomic E-state index is -0.496. The number of carbonyl (C=O) groups is 2. The van der Waals surface area contributed by atoms with Crippen LogP contribution in [0.25, 0.3) is 0 Å². The quantitative estimate of drug-likeness (QED) is 0.0449. The van der Waals surface area contributed by atoms with Crippen molar-refractivity contribution in [1.82, 2.24) is 4.90 Å². The minimum Gasteiger partial charge on any atom is -0.466 e. The van der Waals surface area contributed by atoms with Crippen LogP contribution in [0.1, 0.15) is 258 Å². The number of rotatable bonds is 43. The van der Waals surface area contributed by atoms with E-state index >= 15 is 0 Å². The first-order valence-corrected chi connectivity index (χ1v) is 25.2. The molecule has 0 saturated carbocycles. The van der Waals surface area contributed by atoms with Crippen molar-refractivity contribution in [2.45, 2.75) is 276 Å². The molecule has 7 nitrogen and oxygen atoms in total. The second-order valence-electron chi connectivity index (χ2n) is 18.0. The molecule has 0 amide bonds. The van der Waals surface area contributed by atoms with Crippen LogP contribution in [0.2, 0.25) is 0 Å². The summed E-state index contributed by atoms with van der Waals surface area (Å²) in [5.74, 6) is -0.534. The molecule has 1 aliphatic rings. The third-order valence-corrected chi connectivity index (χ3v) is 12.0. The summed E-state index contributed by atoms with van der Waals surface area (Å²) in [6.45, 7) is 9.10. The van der Waals surface area contributed by atoms with E-state index in [0.29, 0.717) is 26.1 Å². The molecular weight excluding hydrogens is 711 g/mol. The predicted octanol–water partition coefficient (Wildman–Crippen LogP) is 14.6. The standard InChI is InChI=1S/C50H97NO6/c1-6-9-12-15-18-19-20-26-34-44-54-48(52)39-31-27-33-42-50(55-45-47(57-50)38-35-43-51(4)5)41-32-25-21-24-30-40-49(53)56-46(36-28-22-16-13-10-7-2)37-29-23-17-14-11-8-3/h46-47H,6-45H2,1-5H3/t47-,50?/m0/s1. The van der Waals surface area contributed by atoms with Crippen molar-refractivity contribution in [3.05, 3.63) is 0 Å². The van der Waals surface area contributed by atoms with Gasteiger partial charge in [-0.25, -0.2) is 0 Å². The maximum Gasteiger partial charge on any atom is 0.306 e. The molecule has 0 aromatic carbocycles. The average molecular weight is 808 g/mol. The third-order valence-electron chi connectivity index (χ3n) is 12.0. The maximum atomic E-state index is 12.9. The number of hydrogen-bond acceptors (Lipinski definition) is 7. The number of esters is 2. The molecule has 0 aromatic rings. The topological polar surface area (TPSA) is 74.3 Å². The first kappa shape index (κ1) is 53.8. The molecule has 0 aromatic heterocycles. The number of ether oxygens (including phenoxy) is 4. The Morgan fingerprint density at radius 2 is 1.00 bits per heavy atom. The predicted molar refractivity (Wildman–Crippen MR) is 241 cm³/mol. The molecule has 1 rings (SSSR count). The summed E-state index contributed by atoms with van der Waals surface area (Å²) in [6, 6.07) is 0. The van der Waals surface area contributed by atoms with Crippen molar-refractivity contribution in [2.75, 3.05) is 33.9 Å². The Bertz CT molecular complexity index is 882. The molecule has 0 aliphatic carbocycles. The Labute approximate surface area is 354 Å². The normalized spacial score (nSPS) is 16.9. The molecule has 1 fully saturated rings. The molecule has 1 heterocycles. The molecule has 2 atom stereocenters. The Morgan fingerprint density at radius 1 is 0.561 bits per heavy atom. The summed E-state index contributed by atoms with van der Waals surface area (Å²) in [6.07, 6.45) is 42.2. The second kappa shape index (κ2) is 39.0. The highest BCUT2D eigenvalue weighted by molar-refractivity contribution is 5.69. The van der Waals surface area contributed by atoms with Crippen molar-refractivity contribution in [3.63, 3.8) is 0 Å². The van der Waals surface area contributed by atoms with Crippen LogP contribution in [-0.4, -0.2) is 68.7 Å². The van der Waals surface area contributed by atoms with E-state index in [1.807, 2.05) is 0 Å². The highest BCUT2D eigenvalue weighted by Gasteiger charge is 2.40. The van der Waals surface area contributed by atoms with E-state index < -0.39 is 5.79 Å². The molecule has 57 heavy (non-hydrogen) atoms. The van der Waals surface area contributed by atoms with Gasteiger partial charge in [0.2, 0.25) is 0 Å². The van der Waals surface area contributed by atoms with Crippen LogP contribution in [0.5, 0.6) is 0 Å². The van der Waals surface area contributed by atoms with Crippen molar-refractivity contribution in [2.24, 2.45) is 0 Å². The van der Waals surface area contributed by atoms with E-state index in [4.69, 9.17) is 18.9 Å². The Morgan fingerprint density at radius 3 is 1.53 bits per heavy atom.